The van der Waals surface area contributed by atoms with Gasteiger partial charge in [0.2, 0.25) is 5.91 Å². The van der Waals surface area contributed by atoms with E-state index in [1.165, 1.54) is 0 Å². The van der Waals surface area contributed by atoms with E-state index in [9.17, 15) is 4.79 Å². The van der Waals surface area contributed by atoms with E-state index in [1.807, 2.05) is 42.5 Å². The number of rotatable bonds is 4. The molecule has 0 unspecified atom stereocenters. The first-order valence-corrected chi connectivity index (χ1v) is 8.31. The van der Waals surface area contributed by atoms with Crippen molar-refractivity contribution in [2.24, 2.45) is 0 Å². The van der Waals surface area contributed by atoms with Crippen molar-refractivity contribution >= 4 is 5.91 Å². The lowest BCUT2D eigenvalue weighted by Gasteiger charge is -2.26. The lowest BCUT2D eigenvalue weighted by atomic mass is 10.1. The van der Waals surface area contributed by atoms with Crippen LogP contribution in [0.5, 0.6) is 23.0 Å². The molecule has 2 aromatic carbocycles. The van der Waals surface area contributed by atoms with Crippen LogP contribution in [0, 0.1) is 0 Å². The second-order valence-electron chi connectivity index (χ2n) is 5.96. The zero-order chi connectivity index (χ0) is 17.1. The van der Waals surface area contributed by atoms with Crippen molar-refractivity contribution in [1.82, 2.24) is 5.32 Å². The molecule has 6 heteroatoms. The summed E-state index contributed by atoms with van der Waals surface area (Å²) < 4.78 is 22.5. The SMILES string of the molecule is O=C(Cc1ccc2c(c1)OCCO2)NC[C@@H]1COc2ccccc2O1. The molecule has 1 atom stereocenters. The second kappa shape index (κ2) is 6.93. The Kier molecular flexibility index (Phi) is 4.33. The number of hydrogen-bond acceptors (Lipinski definition) is 5. The maximum Gasteiger partial charge on any atom is 0.224 e. The van der Waals surface area contributed by atoms with Gasteiger partial charge in [-0.25, -0.2) is 0 Å². The molecule has 2 aromatic rings. The molecule has 4 rings (SSSR count). The van der Waals surface area contributed by atoms with Gasteiger partial charge in [-0.2, -0.15) is 0 Å². The fraction of sp³-hybridized carbons (Fsp3) is 0.316. The summed E-state index contributed by atoms with van der Waals surface area (Å²) in [6.07, 6.45) is 0.0833. The van der Waals surface area contributed by atoms with E-state index >= 15 is 0 Å². The van der Waals surface area contributed by atoms with Crippen LogP contribution in [0.25, 0.3) is 0 Å². The zero-order valence-corrected chi connectivity index (χ0v) is 13.7. The molecule has 0 fully saturated rings. The molecule has 130 valence electrons. The maximum atomic E-state index is 12.2. The van der Waals surface area contributed by atoms with Gasteiger partial charge in [0.1, 0.15) is 25.9 Å². The summed E-state index contributed by atoms with van der Waals surface area (Å²) in [6, 6.07) is 13.1. The zero-order valence-electron chi connectivity index (χ0n) is 13.7. The van der Waals surface area contributed by atoms with Crippen LogP contribution in [0.1, 0.15) is 5.56 Å². The van der Waals surface area contributed by atoms with E-state index in [1.54, 1.807) is 0 Å². The van der Waals surface area contributed by atoms with Crippen molar-refractivity contribution < 1.29 is 23.7 Å². The fourth-order valence-corrected chi connectivity index (χ4v) is 2.84. The van der Waals surface area contributed by atoms with Crippen molar-refractivity contribution in [2.75, 3.05) is 26.4 Å². The molecule has 1 amide bonds. The quantitative estimate of drug-likeness (QED) is 0.921. The highest BCUT2D eigenvalue weighted by Crippen LogP contribution is 2.31. The molecule has 0 aliphatic carbocycles. The summed E-state index contributed by atoms with van der Waals surface area (Å²) in [6.45, 7) is 1.90. The Balaban J connectivity index is 1.30. The van der Waals surface area contributed by atoms with Gasteiger partial charge in [0.25, 0.3) is 0 Å². The molecule has 0 spiro atoms. The number of fused-ring (bicyclic) bond motifs is 2. The highest BCUT2D eigenvalue weighted by Gasteiger charge is 2.21. The minimum absolute atomic E-state index is 0.0702. The van der Waals surface area contributed by atoms with E-state index in [4.69, 9.17) is 18.9 Å². The van der Waals surface area contributed by atoms with Crippen LogP contribution < -0.4 is 24.3 Å². The molecule has 0 aromatic heterocycles. The van der Waals surface area contributed by atoms with Gasteiger partial charge in [-0.15, -0.1) is 0 Å². The number of hydrogen-bond donors (Lipinski definition) is 1. The van der Waals surface area contributed by atoms with Crippen molar-refractivity contribution in [1.29, 1.82) is 0 Å². The van der Waals surface area contributed by atoms with Crippen LogP contribution in [-0.2, 0) is 11.2 Å². The Morgan fingerprint density at radius 1 is 0.960 bits per heavy atom. The lowest BCUT2D eigenvalue weighted by Crippen LogP contribution is -2.41. The standard InChI is InChI=1S/C19H19NO5/c21-19(10-13-5-6-16-18(9-13)23-8-7-22-16)20-11-14-12-24-15-3-1-2-4-17(15)25-14/h1-6,9,14H,7-8,10-12H2,(H,20,21)/t14-/m1/s1. The molecule has 2 aliphatic rings. The molecular formula is C19H19NO5. The van der Waals surface area contributed by atoms with Crippen molar-refractivity contribution in [2.45, 2.75) is 12.5 Å². The number of ether oxygens (including phenoxy) is 4. The van der Waals surface area contributed by atoms with Crippen LogP contribution in [0.3, 0.4) is 0 Å². The summed E-state index contributed by atoms with van der Waals surface area (Å²) in [4.78, 5) is 12.2. The monoisotopic (exact) mass is 341 g/mol. The van der Waals surface area contributed by atoms with Gasteiger partial charge < -0.3 is 24.3 Å². The highest BCUT2D eigenvalue weighted by atomic mass is 16.6. The first-order chi connectivity index (χ1) is 12.3. The van der Waals surface area contributed by atoms with E-state index < -0.39 is 0 Å². The molecule has 0 saturated heterocycles. The third kappa shape index (κ3) is 3.63. The van der Waals surface area contributed by atoms with Crippen LogP contribution in [-0.4, -0.2) is 38.4 Å². The largest absolute Gasteiger partial charge is 0.486 e. The number of carbonyl (C=O) groups is 1. The topological polar surface area (TPSA) is 66.0 Å². The third-order valence-corrected chi connectivity index (χ3v) is 4.07. The molecule has 2 aliphatic heterocycles. The summed E-state index contributed by atoms with van der Waals surface area (Å²) in [7, 11) is 0. The molecule has 2 heterocycles. The van der Waals surface area contributed by atoms with E-state index in [0.717, 1.165) is 17.1 Å². The smallest absolute Gasteiger partial charge is 0.224 e. The van der Waals surface area contributed by atoms with Crippen molar-refractivity contribution in [3.63, 3.8) is 0 Å². The van der Waals surface area contributed by atoms with Gasteiger partial charge >= 0.3 is 0 Å². The van der Waals surface area contributed by atoms with Gasteiger partial charge in [-0.05, 0) is 29.8 Å². The van der Waals surface area contributed by atoms with Gasteiger partial charge in [-0.1, -0.05) is 18.2 Å². The number of carbonyl (C=O) groups excluding carboxylic acids is 1. The molecule has 0 saturated carbocycles. The second-order valence-corrected chi connectivity index (χ2v) is 5.96. The molecule has 6 nitrogen and oxygen atoms in total. The summed E-state index contributed by atoms with van der Waals surface area (Å²) in [5, 5.41) is 2.90. The average Bonchev–Trinajstić information content (AvgIpc) is 2.66. The average molecular weight is 341 g/mol. The van der Waals surface area contributed by atoms with Gasteiger partial charge in [0.15, 0.2) is 23.0 Å². The molecule has 0 bridgehead atoms. The van der Waals surface area contributed by atoms with E-state index in [0.29, 0.717) is 37.9 Å². The Morgan fingerprint density at radius 2 is 1.72 bits per heavy atom. The number of benzene rings is 2. The Labute approximate surface area is 145 Å². The van der Waals surface area contributed by atoms with E-state index in [2.05, 4.69) is 5.32 Å². The molecule has 1 N–H and O–H groups in total. The molecular weight excluding hydrogens is 322 g/mol. The Bertz CT molecular complexity index is 776. The van der Waals surface area contributed by atoms with Crippen LogP contribution in [0.15, 0.2) is 42.5 Å². The summed E-state index contributed by atoms with van der Waals surface area (Å²) in [5.41, 5.74) is 0.882. The minimum Gasteiger partial charge on any atom is -0.486 e. The molecule has 0 radical (unpaired) electrons. The van der Waals surface area contributed by atoms with E-state index in [-0.39, 0.29) is 18.4 Å². The predicted molar refractivity (Wildman–Crippen MR) is 90.5 cm³/mol. The van der Waals surface area contributed by atoms with Gasteiger partial charge in [0.05, 0.1) is 13.0 Å². The van der Waals surface area contributed by atoms with Crippen molar-refractivity contribution in [3.8, 4) is 23.0 Å². The fourth-order valence-electron chi connectivity index (χ4n) is 2.84. The summed E-state index contributed by atoms with van der Waals surface area (Å²) >= 11 is 0. The highest BCUT2D eigenvalue weighted by molar-refractivity contribution is 5.78. The first-order valence-electron chi connectivity index (χ1n) is 8.31. The van der Waals surface area contributed by atoms with Crippen LogP contribution in [0.2, 0.25) is 0 Å². The number of amides is 1. The number of nitrogens with one attached hydrogen (secondary N) is 1. The number of para-hydroxylation sites is 2. The molecule has 25 heavy (non-hydrogen) atoms. The Hall–Kier alpha value is -2.89. The van der Waals surface area contributed by atoms with Gasteiger partial charge in [-0.3, -0.25) is 4.79 Å². The lowest BCUT2D eigenvalue weighted by molar-refractivity contribution is -0.120. The van der Waals surface area contributed by atoms with Crippen LogP contribution in [0.4, 0.5) is 0 Å². The van der Waals surface area contributed by atoms with Gasteiger partial charge in [0, 0.05) is 0 Å². The minimum atomic E-state index is -0.195. The maximum absolute atomic E-state index is 12.2. The van der Waals surface area contributed by atoms with Crippen LogP contribution >= 0.6 is 0 Å². The predicted octanol–water partition coefficient (Wildman–Crippen LogP) is 1.96. The normalized spacial score (nSPS) is 17.7. The third-order valence-electron chi connectivity index (χ3n) is 4.07. The van der Waals surface area contributed by atoms with Crippen molar-refractivity contribution in [3.05, 3.63) is 48.0 Å². The first kappa shape index (κ1) is 15.6. The Morgan fingerprint density at radius 3 is 2.60 bits per heavy atom. The summed E-state index contributed by atoms with van der Waals surface area (Å²) in [5.74, 6) is 2.79.